The second-order valence-electron chi connectivity index (χ2n) is 7.58. The van der Waals surface area contributed by atoms with E-state index < -0.39 is 0 Å². The van der Waals surface area contributed by atoms with Gasteiger partial charge in [-0.3, -0.25) is 4.79 Å². The summed E-state index contributed by atoms with van der Waals surface area (Å²) in [6, 6.07) is 8.27. The molecule has 4 rings (SSSR count). The first kappa shape index (κ1) is 18.5. The Morgan fingerprint density at radius 1 is 1.14 bits per heavy atom. The summed E-state index contributed by atoms with van der Waals surface area (Å²) in [5, 5.41) is 7.80. The Labute approximate surface area is 164 Å². The number of carbonyl (C=O) groups excluding carboxylic acids is 2. The second kappa shape index (κ2) is 7.66. The van der Waals surface area contributed by atoms with Crippen molar-refractivity contribution in [2.75, 3.05) is 20.2 Å². The zero-order valence-corrected chi connectivity index (χ0v) is 16.4. The molecule has 0 unspecified atom stereocenters. The largest absolute Gasteiger partial charge is 0.453 e. The Bertz CT molecular complexity index is 880. The van der Waals surface area contributed by atoms with Crippen LogP contribution in [0, 0.1) is 6.92 Å². The van der Waals surface area contributed by atoms with Crippen LogP contribution in [0.4, 0.5) is 4.79 Å². The number of methoxy groups -OCH3 is 1. The van der Waals surface area contributed by atoms with Crippen molar-refractivity contribution in [3.63, 3.8) is 0 Å². The third kappa shape index (κ3) is 3.48. The van der Waals surface area contributed by atoms with Crippen LogP contribution in [-0.4, -0.2) is 52.9 Å². The molecule has 1 aromatic heterocycles. The first-order valence-corrected chi connectivity index (χ1v) is 9.88. The molecule has 1 aromatic carbocycles. The summed E-state index contributed by atoms with van der Waals surface area (Å²) in [7, 11) is 1.39. The van der Waals surface area contributed by atoms with Crippen LogP contribution in [0.5, 0.6) is 0 Å². The standard InChI is InChI=1S/C21H26N4O3/c1-14-6-8-16(9-7-14)25-18-5-3-4-17(18)19(23-25)20(26)22-15-10-12-24(13-11-15)21(27)28-2/h6-9,15H,3-5,10-13H2,1-2H3,(H,22,26). The van der Waals surface area contributed by atoms with E-state index >= 15 is 0 Å². The first-order chi connectivity index (χ1) is 13.6. The molecule has 28 heavy (non-hydrogen) atoms. The van der Waals surface area contributed by atoms with Crippen molar-refractivity contribution in [1.82, 2.24) is 20.0 Å². The molecule has 7 heteroatoms. The molecule has 7 nitrogen and oxygen atoms in total. The van der Waals surface area contributed by atoms with Gasteiger partial charge in [-0.2, -0.15) is 5.10 Å². The van der Waals surface area contributed by atoms with Gasteiger partial charge in [0.15, 0.2) is 5.69 Å². The van der Waals surface area contributed by atoms with Gasteiger partial charge in [-0.25, -0.2) is 9.48 Å². The third-order valence-corrected chi connectivity index (χ3v) is 5.69. The van der Waals surface area contributed by atoms with E-state index in [2.05, 4.69) is 29.5 Å². The van der Waals surface area contributed by atoms with Gasteiger partial charge >= 0.3 is 6.09 Å². The summed E-state index contributed by atoms with van der Waals surface area (Å²) in [6.07, 6.45) is 4.03. The molecule has 0 saturated carbocycles. The maximum atomic E-state index is 13.0. The van der Waals surface area contributed by atoms with Gasteiger partial charge in [-0.1, -0.05) is 17.7 Å². The Hall–Kier alpha value is -2.83. The van der Waals surface area contributed by atoms with Gasteiger partial charge < -0.3 is 15.0 Å². The smallest absolute Gasteiger partial charge is 0.409 e. The fourth-order valence-electron chi connectivity index (χ4n) is 4.11. The molecule has 1 aliphatic carbocycles. The molecule has 1 aliphatic heterocycles. The number of piperidine rings is 1. The minimum atomic E-state index is -0.306. The van der Waals surface area contributed by atoms with E-state index in [1.165, 1.54) is 12.7 Å². The number of aryl methyl sites for hydroxylation is 1. The zero-order valence-electron chi connectivity index (χ0n) is 16.4. The predicted octanol–water partition coefficient (Wildman–Crippen LogP) is 2.63. The molecule has 2 aliphatic rings. The van der Waals surface area contributed by atoms with Crippen LogP contribution < -0.4 is 5.32 Å². The topological polar surface area (TPSA) is 76.5 Å². The molecule has 2 amide bonds. The van der Waals surface area contributed by atoms with Gasteiger partial charge in [-0.05, 0) is 51.2 Å². The van der Waals surface area contributed by atoms with Crippen LogP contribution >= 0.6 is 0 Å². The third-order valence-electron chi connectivity index (χ3n) is 5.69. The number of hydrogen-bond acceptors (Lipinski definition) is 4. The van der Waals surface area contributed by atoms with E-state index in [-0.39, 0.29) is 18.0 Å². The average molecular weight is 382 g/mol. The maximum Gasteiger partial charge on any atom is 0.409 e. The molecule has 0 atom stereocenters. The fraction of sp³-hybridized carbons (Fsp3) is 0.476. The lowest BCUT2D eigenvalue weighted by molar-refractivity contribution is 0.0886. The SMILES string of the molecule is COC(=O)N1CCC(NC(=O)c2nn(-c3ccc(C)cc3)c3c2CCC3)CC1. The summed E-state index contributed by atoms with van der Waals surface area (Å²) in [6.45, 7) is 3.24. The summed E-state index contributed by atoms with van der Waals surface area (Å²) >= 11 is 0. The number of likely N-dealkylation sites (tertiary alicyclic amines) is 1. The van der Waals surface area contributed by atoms with E-state index in [9.17, 15) is 9.59 Å². The van der Waals surface area contributed by atoms with Crippen LogP contribution in [0.3, 0.4) is 0 Å². The lowest BCUT2D eigenvalue weighted by atomic mass is 10.0. The van der Waals surface area contributed by atoms with Crippen molar-refractivity contribution in [1.29, 1.82) is 0 Å². The van der Waals surface area contributed by atoms with Gasteiger partial charge in [-0.15, -0.1) is 0 Å². The van der Waals surface area contributed by atoms with Crippen LogP contribution in [0.2, 0.25) is 0 Å². The Morgan fingerprint density at radius 2 is 1.86 bits per heavy atom. The highest BCUT2D eigenvalue weighted by molar-refractivity contribution is 5.94. The number of carbonyl (C=O) groups is 2. The second-order valence-corrected chi connectivity index (χ2v) is 7.58. The van der Waals surface area contributed by atoms with Crippen molar-refractivity contribution in [2.45, 2.75) is 45.1 Å². The van der Waals surface area contributed by atoms with Crippen molar-refractivity contribution in [2.24, 2.45) is 0 Å². The minimum Gasteiger partial charge on any atom is -0.453 e. The molecule has 0 radical (unpaired) electrons. The van der Waals surface area contributed by atoms with Gasteiger partial charge in [0.1, 0.15) is 0 Å². The van der Waals surface area contributed by atoms with E-state index in [4.69, 9.17) is 4.74 Å². The van der Waals surface area contributed by atoms with Crippen molar-refractivity contribution >= 4 is 12.0 Å². The summed E-state index contributed by atoms with van der Waals surface area (Å²) in [4.78, 5) is 26.2. The van der Waals surface area contributed by atoms with E-state index in [0.29, 0.717) is 18.8 Å². The van der Waals surface area contributed by atoms with E-state index in [1.807, 2.05) is 16.8 Å². The normalized spacial score (nSPS) is 16.7. The van der Waals surface area contributed by atoms with Crippen molar-refractivity contribution < 1.29 is 14.3 Å². The highest BCUT2D eigenvalue weighted by atomic mass is 16.5. The summed E-state index contributed by atoms with van der Waals surface area (Å²) < 4.78 is 6.69. The van der Waals surface area contributed by atoms with Gasteiger partial charge in [0.25, 0.3) is 5.91 Å². The predicted molar refractivity (Wildman–Crippen MR) is 105 cm³/mol. The number of fused-ring (bicyclic) bond motifs is 1. The number of benzene rings is 1. The molecule has 2 heterocycles. The number of amides is 2. The van der Waals surface area contributed by atoms with Gasteiger partial charge in [0.05, 0.1) is 12.8 Å². The zero-order chi connectivity index (χ0) is 19.7. The highest BCUT2D eigenvalue weighted by Gasteiger charge is 2.29. The van der Waals surface area contributed by atoms with Crippen molar-refractivity contribution in [3.05, 3.63) is 46.8 Å². The molecule has 1 saturated heterocycles. The molecule has 1 N–H and O–H groups in total. The molecule has 0 spiro atoms. The first-order valence-electron chi connectivity index (χ1n) is 9.88. The summed E-state index contributed by atoms with van der Waals surface area (Å²) in [5.41, 5.74) is 4.96. The lowest BCUT2D eigenvalue weighted by Crippen LogP contribution is -2.46. The number of nitrogens with zero attached hydrogens (tertiary/aromatic N) is 3. The molecule has 148 valence electrons. The van der Waals surface area contributed by atoms with Gasteiger partial charge in [0, 0.05) is 30.4 Å². The van der Waals surface area contributed by atoms with Crippen LogP contribution in [0.15, 0.2) is 24.3 Å². The van der Waals surface area contributed by atoms with Crippen LogP contribution in [-0.2, 0) is 17.6 Å². The average Bonchev–Trinajstić information content (AvgIpc) is 3.31. The molecule has 2 aromatic rings. The lowest BCUT2D eigenvalue weighted by Gasteiger charge is -2.31. The van der Waals surface area contributed by atoms with Crippen molar-refractivity contribution in [3.8, 4) is 5.69 Å². The number of rotatable bonds is 3. The van der Waals surface area contributed by atoms with Crippen LogP contribution in [0.1, 0.15) is 46.6 Å². The Morgan fingerprint density at radius 3 is 2.54 bits per heavy atom. The molecule has 0 bridgehead atoms. The van der Waals surface area contributed by atoms with E-state index in [0.717, 1.165) is 49.0 Å². The molecule has 1 fully saturated rings. The molecular weight excluding hydrogens is 356 g/mol. The van der Waals surface area contributed by atoms with E-state index in [1.54, 1.807) is 4.90 Å². The Balaban J connectivity index is 1.49. The summed E-state index contributed by atoms with van der Waals surface area (Å²) in [5.74, 6) is -0.111. The number of nitrogens with one attached hydrogen (secondary N) is 1. The van der Waals surface area contributed by atoms with Crippen LogP contribution in [0.25, 0.3) is 5.69 Å². The maximum absolute atomic E-state index is 13.0. The Kier molecular flexibility index (Phi) is 5.07. The monoisotopic (exact) mass is 382 g/mol. The highest BCUT2D eigenvalue weighted by Crippen LogP contribution is 2.28. The molecular formula is C21H26N4O3. The minimum absolute atomic E-state index is 0.0509. The quantitative estimate of drug-likeness (QED) is 0.885. The van der Waals surface area contributed by atoms with Gasteiger partial charge in [0.2, 0.25) is 0 Å². The number of ether oxygens (including phenoxy) is 1. The number of hydrogen-bond donors (Lipinski definition) is 1. The number of aromatic nitrogens is 2. The fourth-order valence-corrected chi connectivity index (χ4v) is 4.11.